The van der Waals surface area contributed by atoms with Crippen LogP contribution in [0.5, 0.6) is 5.75 Å². The molecule has 4 nitrogen and oxygen atoms in total. The highest BCUT2D eigenvalue weighted by molar-refractivity contribution is 6.05. The van der Waals surface area contributed by atoms with E-state index in [1.54, 1.807) is 37.4 Å². The molecule has 2 aromatic rings. The first kappa shape index (κ1) is 13.9. The summed E-state index contributed by atoms with van der Waals surface area (Å²) in [6, 6.07) is 12.5. The first-order chi connectivity index (χ1) is 9.63. The lowest BCUT2D eigenvalue weighted by molar-refractivity contribution is 0.102. The number of rotatable bonds is 4. The third-order valence-electron chi connectivity index (χ3n) is 3.09. The Bertz CT molecular complexity index is 624. The summed E-state index contributed by atoms with van der Waals surface area (Å²) in [5.41, 5.74) is 8.81. The number of benzene rings is 2. The van der Waals surface area contributed by atoms with Gasteiger partial charge in [0.25, 0.3) is 5.91 Å². The molecule has 0 aliphatic rings. The number of anilines is 2. The number of aryl methyl sites for hydroxylation is 1. The number of hydrogen-bond donors (Lipinski definition) is 2. The monoisotopic (exact) mass is 270 g/mol. The van der Waals surface area contributed by atoms with Crippen LogP contribution in [0.3, 0.4) is 0 Å². The van der Waals surface area contributed by atoms with E-state index in [1.165, 1.54) is 0 Å². The molecule has 0 saturated carbocycles. The lowest BCUT2D eigenvalue weighted by Gasteiger charge is -2.11. The van der Waals surface area contributed by atoms with Crippen molar-refractivity contribution in [3.05, 3.63) is 53.6 Å². The van der Waals surface area contributed by atoms with Crippen molar-refractivity contribution in [2.45, 2.75) is 13.3 Å². The van der Waals surface area contributed by atoms with E-state index in [0.29, 0.717) is 17.0 Å². The van der Waals surface area contributed by atoms with Crippen molar-refractivity contribution in [3.8, 4) is 5.75 Å². The van der Waals surface area contributed by atoms with Gasteiger partial charge in [-0.2, -0.15) is 0 Å². The Labute approximate surface area is 118 Å². The van der Waals surface area contributed by atoms with Crippen LogP contribution in [0.4, 0.5) is 11.4 Å². The second-order valence-corrected chi connectivity index (χ2v) is 4.46. The molecule has 2 rings (SSSR count). The van der Waals surface area contributed by atoms with Gasteiger partial charge in [0.15, 0.2) is 0 Å². The first-order valence-corrected chi connectivity index (χ1v) is 6.48. The van der Waals surface area contributed by atoms with E-state index in [1.807, 2.05) is 19.1 Å². The molecule has 0 aliphatic heterocycles. The Kier molecular flexibility index (Phi) is 4.25. The fourth-order valence-electron chi connectivity index (χ4n) is 1.99. The van der Waals surface area contributed by atoms with Gasteiger partial charge in [-0.1, -0.05) is 13.0 Å². The molecule has 104 valence electrons. The van der Waals surface area contributed by atoms with Crippen molar-refractivity contribution in [2.24, 2.45) is 0 Å². The Morgan fingerprint density at radius 3 is 2.75 bits per heavy atom. The minimum absolute atomic E-state index is 0.164. The SMILES string of the molecule is CCc1cc(N)ccc1NC(=O)c1cccc(OC)c1. The average Bonchev–Trinajstić information content (AvgIpc) is 2.49. The third-order valence-corrected chi connectivity index (χ3v) is 3.09. The summed E-state index contributed by atoms with van der Waals surface area (Å²) in [6.45, 7) is 2.02. The lowest BCUT2D eigenvalue weighted by atomic mass is 10.1. The van der Waals surface area contributed by atoms with E-state index >= 15 is 0 Å². The van der Waals surface area contributed by atoms with Crippen LogP contribution in [0, 0.1) is 0 Å². The van der Waals surface area contributed by atoms with Gasteiger partial charge in [-0.05, 0) is 48.4 Å². The third kappa shape index (κ3) is 3.09. The molecule has 2 aromatic carbocycles. The number of nitrogens with two attached hydrogens (primary N) is 1. The normalized spacial score (nSPS) is 10.1. The zero-order valence-corrected chi connectivity index (χ0v) is 11.6. The van der Waals surface area contributed by atoms with Crippen LogP contribution in [0.15, 0.2) is 42.5 Å². The number of amides is 1. The van der Waals surface area contributed by atoms with Crippen LogP contribution in [0.2, 0.25) is 0 Å². The Morgan fingerprint density at radius 2 is 2.05 bits per heavy atom. The molecule has 0 fully saturated rings. The van der Waals surface area contributed by atoms with E-state index in [2.05, 4.69) is 5.32 Å². The quantitative estimate of drug-likeness (QED) is 0.839. The fraction of sp³-hybridized carbons (Fsp3) is 0.188. The van der Waals surface area contributed by atoms with Gasteiger partial charge in [0.1, 0.15) is 5.75 Å². The Hall–Kier alpha value is -2.49. The number of nitrogens with one attached hydrogen (secondary N) is 1. The molecular weight excluding hydrogens is 252 g/mol. The smallest absolute Gasteiger partial charge is 0.255 e. The van der Waals surface area contributed by atoms with Gasteiger partial charge >= 0.3 is 0 Å². The van der Waals surface area contributed by atoms with Crippen molar-refractivity contribution in [2.75, 3.05) is 18.2 Å². The zero-order valence-electron chi connectivity index (χ0n) is 11.6. The molecule has 0 spiro atoms. The largest absolute Gasteiger partial charge is 0.497 e. The Balaban J connectivity index is 2.23. The summed E-state index contributed by atoms with van der Waals surface area (Å²) in [5, 5.41) is 2.91. The predicted octanol–water partition coefficient (Wildman–Crippen LogP) is 3.09. The minimum Gasteiger partial charge on any atom is -0.497 e. The summed E-state index contributed by atoms with van der Waals surface area (Å²) in [4.78, 5) is 12.2. The van der Waals surface area contributed by atoms with Gasteiger partial charge < -0.3 is 15.8 Å². The second-order valence-electron chi connectivity index (χ2n) is 4.46. The summed E-state index contributed by atoms with van der Waals surface area (Å²) in [6.07, 6.45) is 0.804. The topological polar surface area (TPSA) is 64.3 Å². The first-order valence-electron chi connectivity index (χ1n) is 6.48. The number of methoxy groups -OCH3 is 1. The number of carbonyl (C=O) groups is 1. The van der Waals surface area contributed by atoms with Gasteiger partial charge in [0.2, 0.25) is 0 Å². The molecule has 0 aliphatic carbocycles. The van der Waals surface area contributed by atoms with Crippen LogP contribution in [-0.2, 0) is 6.42 Å². The van der Waals surface area contributed by atoms with Crippen LogP contribution in [-0.4, -0.2) is 13.0 Å². The molecule has 4 heteroatoms. The van der Waals surface area contributed by atoms with Crippen molar-refractivity contribution in [1.82, 2.24) is 0 Å². The molecule has 0 aromatic heterocycles. The molecule has 0 saturated heterocycles. The van der Waals surface area contributed by atoms with Crippen molar-refractivity contribution < 1.29 is 9.53 Å². The molecule has 20 heavy (non-hydrogen) atoms. The van der Waals surface area contributed by atoms with E-state index in [9.17, 15) is 4.79 Å². The number of hydrogen-bond acceptors (Lipinski definition) is 3. The number of nitrogen functional groups attached to an aromatic ring is 1. The summed E-state index contributed by atoms with van der Waals surface area (Å²) in [5.74, 6) is 0.494. The fourth-order valence-corrected chi connectivity index (χ4v) is 1.99. The van der Waals surface area contributed by atoms with Crippen LogP contribution in [0.1, 0.15) is 22.8 Å². The van der Waals surface area contributed by atoms with Gasteiger partial charge in [-0.15, -0.1) is 0 Å². The number of carbonyl (C=O) groups excluding carboxylic acids is 1. The van der Waals surface area contributed by atoms with Crippen molar-refractivity contribution in [3.63, 3.8) is 0 Å². The highest BCUT2D eigenvalue weighted by atomic mass is 16.5. The van der Waals surface area contributed by atoms with Gasteiger partial charge in [-0.25, -0.2) is 0 Å². The minimum atomic E-state index is -0.164. The molecule has 1 amide bonds. The van der Waals surface area contributed by atoms with E-state index in [4.69, 9.17) is 10.5 Å². The van der Waals surface area contributed by atoms with E-state index in [-0.39, 0.29) is 5.91 Å². The molecule has 0 bridgehead atoms. The van der Waals surface area contributed by atoms with Crippen LogP contribution >= 0.6 is 0 Å². The van der Waals surface area contributed by atoms with Gasteiger partial charge in [0.05, 0.1) is 7.11 Å². The zero-order chi connectivity index (χ0) is 14.5. The molecular formula is C16H18N2O2. The molecule has 3 N–H and O–H groups in total. The van der Waals surface area contributed by atoms with Crippen LogP contribution < -0.4 is 15.8 Å². The lowest BCUT2D eigenvalue weighted by Crippen LogP contribution is -2.13. The molecule has 0 heterocycles. The average molecular weight is 270 g/mol. The maximum atomic E-state index is 12.2. The molecule has 0 radical (unpaired) electrons. The number of ether oxygens (including phenoxy) is 1. The van der Waals surface area contributed by atoms with Crippen molar-refractivity contribution >= 4 is 17.3 Å². The highest BCUT2D eigenvalue weighted by Gasteiger charge is 2.09. The maximum absolute atomic E-state index is 12.2. The maximum Gasteiger partial charge on any atom is 0.255 e. The second kappa shape index (κ2) is 6.10. The predicted molar refractivity (Wildman–Crippen MR) is 81.2 cm³/mol. The van der Waals surface area contributed by atoms with E-state index < -0.39 is 0 Å². The summed E-state index contributed by atoms with van der Waals surface area (Å²) >= 11 is 0. The van der Waals surface area contributed by atoms with E-state index in [0.717, 1.165) is 17.7 Å². The van der Waals surface area contributed by atoms with Gasteiger partial charge in [0, 0.05) is 16.9 Å². The van der Waals surface area contributed by atoms with Gasteiger partial charge in [-0.3, -0.25) is 4.79 Å². The summed E-state index contributed by atoms with van der Waals surface area (Å²) in [7, 11) is 1.58. The molecule has 0 atom stereocenters. The molecule has 0 unspecified atom stereocenters. The standard InChI is InChI=1S/C16H18N2O2/c1-3-11-9-13(17)7-8-15(11)18-16(19)12-5-4-6-14(10-12)20-2/h4-10H,3,17H2,1-2H3,(H,18,19). The summed E-state index contributed by atoms with van der Waals surface area (Å²) < 4.78 is 5.12. The van der Waals surface area contributed by atoms with Crippen LogP contribution in [0.25, 0.3) is 0 Å². The van der Waals surface area contributed by atoms with Crippen molar-refractivity contribution in [1.29, 1.82) is 0 Å². The Morgan fingerprint density at radius 1 is 1.25 bits per heavy atom. The highest BCUT2D eigenvalue weighted by Crippen LogP contribution is 2.21.